The van der Waals surface area contributed by atoms with Gasteiger partial charge in [0.05, 0.1) is 0 Å². The van der Waals surface area contributed by atoms with Gasteiger partial charge in [-0.3, -0.25) is 4.98 Å². The molecule has 1 aromatic heterocycles. The summed E-state index contributed by atoms with van der Waals surface area (Å²) in [4.78, 5) is 2.33. The molecule has 1 rings (SSSR count). The second-order valence-corrected chi connectivity index (χ2v) is 3.97. The highest BCUT2D eigenvalue weighted by Gasteiger charge is 2.41. The lowest BCUT2D eigenvalue weighted by molar-refractivity contribution is -0.130. The smallest absolute Gasteiger partial charge is 0.261 e. The van der Waals surface area contributed by atoms with Gasteiger partial charge in [0.15, 0.2) is 0 Å². The number of hydrogen-bond donors (Lipinski definition) is 0. The molecule has 0 bridgehead atoms. The molecule has 0 aliphatic heterocycles. The fourth-order valence-corrected chi connectivity index (χ4v) is 1.35. The molecule has 1 heterocycles. The monoisotopic (exact) mass is 267 g/mol. The van der Waals surface area contributed by atoms with Gasteiger partial charge in [-0.1, -0.05) is 28.9 Å². The standard InChI is InChI=1S/C9H9BrF3N/c1-6(8(10)9(11,12)13)7-4-2-3-5-14-7/h2-6,8H,1H3. The second-order valence-electron chi connectivity index (χ2n) is 2.99. The molecule has 0 spiro atoms. The molecule has 0 aliphatic rings. The predicted octanol–water partition coefficient (Wildman–Crippen LogP) is 3.51. The number of alkyl halides is 4. The average molecular weight is 268 g/mol. The van der Waals surface area contributed by atoms with Crippen LogP contribution in [-0.4, -0.2) is 16.0 Å². The van der Waals surface area contributed by atoms with E-state index in [0.717, 1.165) is 0 Å². The first-order chi connectivity index (χ1) is 6.43. The molecule has 0 saturated heterocycles. The number of pyridine rings is 1. The minimum Gasteiger partial charge on any atom is -0.261 e. The van der Waals surface area contributed by atoms with Gasteiger partial charge >= 0.3 is 6.18 Å². The molecule has 0 radical (unpaired) electrons. The van der Waals surface area contributed by atoms with Crippen molar-refractivity contribution >= 4 is 15.9 Å². The van der Waals surface area contributed by atoms with E-state index in [1.165, 1.54) is 13.1 Å². The highest BCUT2D eigenvalue weighted by molar-refractivity contribution is 9.09. The number of nitrogens with zero attached hydrogens (tertiary/aromatic N) is 1. The molecule has 14 heavy (non-hydrogen) atoms. The zero-order valence-corrected chi connectivity index (χ0v) is 9.01. The zero-order chi connectivity index (χ0) is 10.8. The van der Waals surface area contributed by atoms with E-state index in [0.29, 0.717) is 5.69 Å². The van der Waals surface area contributed by atoms with Crippen LogP contribution in [0.25, 0.3) is 0 Å². The number of hydrogen-bond acceptors (Lipinski definition) is 1. The van der Waals surface area contributed by atoms with Crippen molar-refractivity contribution < 1.29 is 13.2 Å². The fraction of sp³-hybridized carbons (Fsp3) is 0.444. The maximum atomic E-state index is 12.3. The minimum atomic E-state index is -4.24. The summed E-state index contributed by atoms with van der Waals surface area (Å²) in [5.74, 6) is -0.684. The summed E-state index contributed by atoms with van der Waals surface area (Å²) < 4.78 is 36.9. The van der Waals surface area contributed by atoms with E-state index in [4.69, 9.17) is 0 Å². The van der Waals surface area contributed by atoms with Crippen molar-refractivity contribution in [1.29, 1.82) is 0 Å². The van der Waals surface area contributed by atoms with E-state index in [9.17, 15) is 13.2 Å². The van der Waals surface area contributed by atoms with Crippen molar-refractivity contribution in [3.63, 3.8) is 0 Å². The van der Waals surface area contributed by atoms with Crippen molar-refractivity contribution in [3.8, 4) is 0 Å². The molecule has 1 nitrogen and oxygen atoms in total. The summed E-state index contributed by atoms with van der Waals surface area (Å²) in [6, 6.07) is 4.94. The molecular weight excluding hydrogens is 259 g/mol. The van der Waals surface area contributed by atoms with Crippen LogP contribution in [0.3, 0.4) is 0 Å². The Balaban J connectivity index is 2.81. The van der Waals surface area contributed by atoms with Gasteiger partial charge in [-0.25, -0.2) is 0 Å². The first-order valence-electron chi connectivity index (χ1n) is 4.04. The van der Waals surface area contributed by atoms with Gasteiger partial charge in [0.1, 0.15) is 4.83 Å². The van der Waals surface area contributed by atoms with Crippen LogP contribution in [0, 0.1) is 0 Å². The molecule has 0 fully saturated rings. The fourth-order valence-electron chi connectivity index (χ4n) is 1.08. The Kier molecular flexibility index (Phi) is 3.53. The maximum Gasteiger partial charge on any atom is 0.401 e. The van der Waals surface area contributed by atoms with Crippen molar-refractivity contribution in [2.45, 2.75) is 23.8 Å². The summed E-state index contributed by atoms with van der Waals surface area (Å²) in [5, 5.41) is 0. The van der Waals surface area contributed by atoms with Crippen LogP contribution in [0.1, 0.15) is 18.5 Å². The highest BCUT2D eigenvalue weighted by Crippen LogP contribution is 2.36. The molecule has 5 heteroatoms. The lowest BCUT2D eigenvalue weighted by atomic mass is 10.0. The molecule has 0 N–H and O–H groups in total. The van der Waals surface area contributed by atoms with E-state index in [2.05, 4.69) is 20.9 Å². The lowest BCUT2D eigenvalue weighted by Crippen LogP contribution is -2.28. The van der Waals surface area contributed by atoms with E-state index >= 15 is 0 Å². The third kappa shape index (κ3) is 2.70. The molecule has 2 atom stereocenters. The molecule has 0 aromatic carbocycles. The van der Waals surface area contributed by atoms with Gasteiger partial charge in [-0.05, 0) is 12.1 Å². The van der Waals surface area contributed by atoms with Crippen LogP contribution in [0.4, 0.5) is 13.2 Å². The molecule has 1 aromatic rings. The van der Waals surface area contributed by atoms with Crippen LogP contribution >= 0.6 is 15.9 Å². The Bertz CT molecular complexity index is 286. The summed E-state index contributed by atoms with van der Waals surface area (Å²) in [6.45, 7) is 1.50. The van der Waals surface area contributed by atoms with Gasteiger partial charge in [0, 0.05) is 17.8 Å². The minimum absolute atomic E-state index is 0.437. The zero-order valence-electron chi connectivity index (χ0n) is 7.42. The van der Waals surface area contributed by atoms with Gasteiger partial charge in [0.2, 0.25) is 0 Å². The van der Waals surface area contributed by atoms with E-state index < -0.39 is 16.9 Å². The lowest BCUT2D eigenvalue weighted by Gasteiger charge is -2.20. The summed E-state index contributed by atoms with van der Waals surface area (Å²) in [6.07, 6.45) is -2.75. The Hall–Kier alpha value is -0.580. The van der Waals surface area contributed by atoms with Crippen LogP contribution in [0.5, 0.6) is 0 Å². The van der Waals surface area contributed by atoms with Crippen molar-refractivity contribution in [1.82, 2.24) is 4.98 Å². The number of aromatic nitrogens is 1. The summed E-state index contributed by atoms with van der Waals surface area (Å²) >= 11 is 2.64. The van der Waals surface area contributed by atoms with Crippen LogP contribution < -0.4 is 0 Å². The largest absolute Gasteiger partial charge is 0.401 e. The molecule has 78 valence electrons. The van der Waals surface area contributed by atoms with Crippen LogP contribution in [0.2, 0.25) is 0 Å². The SMILES string of the molecule is CC(c1ccccn1)C(Br)C(F)(F)F. The molecule has 2 unspecified atom stereocenters. The van der Waals surface area contributed by atoms with Gasteiger partial charge < -0.3 is 0 Å². The van der Waals surface area contributed by atoms with Gasteiger partial charge in [-0.2, -0.15) is 13.2 Å². The Labute approximate surface area is 88.5 Å². The normalized spacial score (nSPS) is 16.4. The molecule has 0 aliphatic carbocycles. The molecule has 0 amide bonds. The Morgan fingerprint density at radius 2 is 2.00 bits per heavy atom. The topological polar surface area (TPSA) is 12.9 Å². The highest BCUT2D eigenvalue weighted by atomic mass is 79.9. The predicted molar refractivity (Wildman–Crippen MR) is 51.4 cm³/mol. The van der Waals surface area contributed by atoms with Crippen molar-refractivity contribution in [2.75, 3.05) is 0 Å². The third-order valence-electron chi connectivity index (χ3n) is 1.91. The van der Waals surface area contributed by atoms with Crippen LogP contribution in [-0.2, 0) is 0 Å². The Morgan fingerprint density at radius 1 is 1.36 bits per heavy atom. The van der Waals surface area contributed by atoms with Crippen molar-refractivity contribution in [3.05, 3.63) is 30.1 Å². The van der Waals surface area contributed by atoms with Crippen molar-refractivity contribution in [2.24, 2.45) is 0 Å². The quantitative estimate of drug-likeness (QED) is 0.748. The van der Waals surface area contributed by atoms with E-state index in [-0.39, 0.29) is 0 Å². The maximum absolute atomic E-state index is 12.3. The van der Waals surface area contributed by atoms with E-state index in [1.807, 2.05) is 0 Å². The van der Waals surface area contributed by atoms with Gasteiger partial charge in [-0.15, -0.1) is 0 Å². The summed E-state index contributed by atoms with van der Waals surface area (Å²) in [7, 11) is 0. The Morgan fingerprint density at radius 3 is 2.43 bits per heavy atom. The third-order valence-corrected chi connectivity index (χ3v) is 3.22. The van der Waals surface area contributed by atoms with Gasteiger partial charge in [0.25, 0.3) is 0 Å². The number of rotatable bonds is 2. The second kappa shape index (κ2) is 4.29. The molecular formula is C9H9BrF3N. The summed E-state index contributed by atoms with van der Waals surface area (Å²) in [5.41, 5.74) is 0.437. The number of halogens is 4. The van der Waals surface area contributed by atoms with E-state index in [1.54, 1.807) is 18.2 Å². The first kappa shape index (κ1) is 11.5. The molecule has 0 saturated carbocycles. The van der Waals surface area contributed by atoms with Crippen LogP contribution in [0.15, 0.2) is 24.4 Å². The average Bonchev–Trinajstić information content (AvgIpc) is 2.15. The first-order valence-corrected chi connectivity index (χ1v) is 4.96.